The average Bonchev–Trinajstić information content (AvgIpc) is 2.63. The number of nitrogens with one attached hydrogen (secondary N) is 1. The van der Waals surface area contributed by atoms with Crippen molar-refractivity contribution in [2.24, 2.45) is 5.10 Å². The van der Waals surface area contributed by atoms with Crippen molar-refractivity contribution in [1.82, 2.24) is 10.4 Å². The number of pyridine rings is 1. The van der Waals surface area contributed by atoms with Crippen LogP contribution in [-0.2, 0) is 4.79 Å². The van der Waals surface area contributed by atoms with Gasteiger partial charge in [0.15, 0.2) is 0 Å². The minimum Gasteiger partial charge on any atom is -0.372 e. The summed E-state index contributed by atoms with van der Waals surface area (Å²) in [4.78, 5) is 18.2. The molecule has 0 fully saturated rings. The number of hydrazone groups is 1. The number of aromatic nitrogens is 1. The van der Waals surface area contributed by atoms with E-state index < -0.39 is 0 Å². The van der Waals surface area contributed by atoms with Gasteiger partial charge in [-0.05, 0) is 43.7 Å². The molecular formula is C18H22N4OS. The molecule has 2 rings (SSSR count). The molecule has 1 amide bonds. The van der Waals surface area contributed by atoms with Gasteiger partial charge < -0.3 is 4.90 Å². The average molecular weight is 342 g/mol. The van der Waals surface area contributed by atoms with Crippen LogP contribution in [0.5, 0.6) is 0 Å². The van der Waals surface area contributed by atoms with Crippen LogP contribution in [0.15, 0.2) is 58.8 Å². The first kappa shape index (κ1) is 18.0. The first-order valence-corrected chi connectivity index (χ1v) is 8.92. The van der Waals surface area contributed by atoms with E-state index in [1.807, 2.05) is 30.3 Å². The van der Waals surface area contributed by atoms with Gasteiger partial charge in [0, 0.05) is 25.0 Å². The minimum atomic E-state index is -0.151. The van der Waals surface area contributed by atoms with Crippen LogP contribution in [0.4, 0.5) is 5.69 Å². The highest BCUT2D eigenvalue weighted by molar-refractivity contribution is 7.99. The number of hydrogen-bond acceptors (Lipinski definition) is 5. The monoisotopic (exact) mass is 342 g/mol. The molecule has 2 aromatic rings. The summed E-state index contributed by atoms with van der Waals surface area (Å²) in [6.07, 6.45) is 3.36. The molecule has 0 saturated carbocycles. The summed E-state index contributed by atoms with van der Waals surface area (Å²) in [5.41, 5.74) is 4.67. The molecule has 126 valence electrons. The molecule has 0 radical (unpaired) electrons. The van der Waals surface area contributed by atoms with Crippen LogP contribution < -0.4 is 10.3 Å². The highest BCUT2D eigenvalue weighted by atomic mass is 32.2. The quantitative estimate of drug-likeness (QED) is 0.455. The van der Waals surface area contributed by atoms with E-state index in [1.165, 1.54) is 17.4 Å². The van der Waals surface area contributed by atoms with E-state index in [0.717, 1.165) is 23.7 Å². The number of amides is 1. The lowest BCUT2D eigenvalue weighted by molar-refractivity contribution is -0.118. The summed E-state index contributed by atoms with van der Waals surface area (Å²) in [5, 5.41) is 4.82. The molecule has 0 saturated heterocycles. The van der Waals surface area contributed by atoms with Crippen molar-refractivity contribution in [1.29, 1.82) is 0 Å². The summed E-state index contributed by atoms with van der Waals surface area (Å²) in [6.45, 7) is 6.23. The SMILES string of the molecule is CCN(CC)c1ccc(C=NNC(=O)CSc2ccccn2)cc1. The summed E-state index contributed by atoms with van der Waals surface area (Å²) in [5.74, 6) is 0.136. The maximum atomic E-state index is 11.7. The number of carbonyl (C=O) groups is 1. The second kappa shape index (κ2) is 9.72. The fourth-order valence-electron chi connectivity index (χ4n) is 2.14. The molecule has 0 unspecified atom stereocenters. The smallest absolute Gasteiger partial charge is 0.250 e. The van der Waals surface area contributed by atoms with Gasteiger partial charge in [0.05, 0.1) is 17.0 Å². The Morgan fingerprint density at radius 3 is 2.58 bits per heavy atom. The Morgan fingerprint density at radius 1 is 1.21 bits per heavy atom. The Labute approximate surface area is 147 Å². The van der Waals surface area contributed by atoms with Crippen molar-refractivity contribution in [3.8, 4) is 0 Å². The van der Waals surface area contributed by atoms with E-state index in [1.54, 1.807) is 12.4 Å². The van der Waals surface area contributed by atoms with E-state index in [9.17, 15) is 4.79 Å². The van der Waals surface area contributed by atoms with Crippen LogP contribution in [-0.4, -0.2) is 35.9 Å². The highest BCUT2D eigenvalue weighted by Gasteiger charge is 2.02. The van der Waals surface area contributed by atoms with E-state index in [4.69, 9.17) is 0 Å². The molecule has 5 nitrogen and oxygen atoms in total. The molecule has 6 heteroatoms. The summed E-state index contributed by atoms with van der Waals surface area (Å²) >= 11 is 1.38. The van der Waals surface area contributed by atoms with Crippen molar-refractivity contribution in [3.05, 3.63) is 54.2 Å². The van der Waals surface area contributed by atoms with Gasteiger partial charge in [0.25, 0.3) is 0 Å². The summed E-state index contributed by atoms with van der Waals surface area (Å²) in [7, 11) is 0. The predicted octanol–water partition coefficient (Wildman–Crippen LogP) is 3.17. The topological polar surface area (TPSA) is 57.6 Å². The summed E-state index contributed by atoms with van der Waals surface area (Å²) in [6, 6.07) is 13.7. The molecule has 0 aliphatic heterocycles. The zero-order valence-corrected chi connectivity index (χ0v) is 14.8. The van der Waals surface area contributed by atoms with Crippen LogP contribution in [0.1, 0.15) is 19.4 Å². The fraction of sp³-hybridized carbons (Fsp3) is 0.278. The Kier molecular flexibility index (Phi) is 7.29. The van der Waals surface area contributed by atoms with Crippen LogP contribution in [0.3, 0.4) is 0 Å². The number of hydrogen-bond donors (Lipinski definition) is 1. The van der Waals surface area contributed by atoms with Gasteiger partial charge in [-0.3, -0.25) is 4.79 Å². The largest absolute Gasteiger partial charge is 0.372 e. The van der Waals surface area contributed by atoms with E-state index in [2.05, 4.69) is 46.4 Å². The zero-order valence-electron chi connectivity index (χ0n) is 14.0. The van der Waals surface area contributed by atoms with Crippen LogP contribution in [0.2, 0.25) is 0 Å². The highest BCUT2D eigenvalue weighted by Crippen LogP contribution is 2.14. The van der Waals surface area contributed by atoms with Gasteiger partial charge in [-0.2, -0.15) is 5.10 Å². The molecule has 0 aliphatic carbocycles. The Morgan fingerprint density at radius 2 is 1.96 bits per heavy atom. The van der Waals surface area contributed by atoms with Crippen molar-refractivity contribution >= 4 is 29.6 Å². The van der Waals surface area contributed by atoms with Gasteiger partial charge >= 0.3 is 0 Å². The first-order chi connectivity index (χ1) is 11.7. The number of nitrogens with zero attached hydrogens (tertiary/aromatic N) is 3. The second-order valence-corrected chi connectivity index (χ2v) is 6.01. The zero-order chi connectivity index (χ0) is 17.2. The van der Waals surface area contributed by atoms with Gasteiger partial charge in [-0.25, -0.2) is 10.4 Å². The van der Waals surface area contributed by atoms with Gasteiger partial charge in [0.1, 0.15) is 0 Å². The molecule has 0 atom stereocenters. The van der Waals surface area contributed by atoms with Gasteiger partial charge in [0.2, 0.25) is 5.91 Å². The second-order valence-electron chi connectivity index (χ2n) is 5.01. The van der Waals surface area contributed by atoms with E-state index >= 15 is 0 Å². The lowest BCUT2D eigenvalue weighted by Crippen LogP contribution is -2.21. The van der Waals surface area contributed by atoms with Gasteiger partial charge in [-0.1, -0.05) is 30.0 Å². The molecule has 0 spiro atoms. The van der Waals surface area contributed by atoms with Crippen LogP contribution in [0, 0.1) is 0 Å². The van der Waals surface area contributed by atoms with Crippen molar-refractivity contribution < 1.29 is 4.79 Å². The van der Waals surface area contributed by atoms with E-state index in [-0.39, 0.29) is 11.7 Å². The first-order valence-electron chi connectivity index (χ1n) is 7.93. The third-order valence-electron chi connectivity index (χ3n) is 3.41. The molecule has 0 aliphatic rings. The van der Waals surface area contributed by atoms with Crippen molar-refractivity contribution in [2.75, 3.05) is 23.7 Å². The fourth-order valence-corrected chi connectivity index (χ4v) is 2.80. The number of thioether (sulfide) groups is 1. The van der Waals surface area contributed by atoms with Crippen LogP contribution >= 0.6 is 11.8 Å². The number of anilines is 1. The number of benzene rings is 1. The predicted molar refractivity (Wildman–Crippen MR) is 101 cm³/mol. The maximum absolute atomic E-state index is 11.7. The standard InChI is InChI=1S/C18H22N4OS/c1-3-22(4-2)16-10-8-15(9-11-16)13-20-21-17(23)14-24-18-7-5-6-12-19-18/h5-13H,3-4,14H2,1-2H3,(H,21,23). The Balaban J connectivity index is 1.79. The lowest BCUT2D eigenvalue weighted by Gasteiger charge is -2.20. The Bertz CT molecular complexity index is 654. The summed E-state index contributed by atoms with van der Waals surface area (Å²) < 4.78 is 0. The third-order valence-corrected chi connectivity index (χ3v) is 4.36. The number of carbonyl (C=O) groups excluding carboxylic acids is 1. The van der Waals surface area contributed by atoms with Crippen LogP contribution in [0.25, 0.3) is 0 Å². The molecule has 1 aromatic heterocycles. The number of rotatable bonds is 8. The van der Waals surface area contributed by atoms with Gasteiger partial charge in [-0.15, -0.1) is 0 Å². The molecule has 0 bridgehead atoms. The maximum Gasteiger partial charge on any atom is 0.250 e. The van der Waals surface area contributed by atoms with E-state index in [0.29, 0.717) is 0 Å². The Hall–Kier alpha value is -2.34. The molecule has 1 aromatic carbocycles. The molecule has 24 heavy (non-hydrogen) atoms. The lowest BCUT2D eigenvalue weighted by atomic mass is 10.2. The minimum absolute atomic E-state index is 0.151. The van der Waals surface area contributed by atoms with Crippen molar-refractivity contribution in [2.45, 2.75) is 18.9 Å². The molecule has 1 heterocycles. The molecular weight excluding hydrogens is 320 g/mol. The van der Waals surface area contributed by atoms with Crippen molar-refractivity contribution in [3.63, 3.8) is 0 Å². The molecule has 1 N–H and O–H groups in total. The normalized spacial score (nSPS) is 10.8. The third kappa shape index (κ3) is 5.70.